The van der Waals surface area contributed by atoms with E-state index < -0.39 is 0 Å². The van der Waals surface area contributed by atoms with Gasteiger partial charge in [-0.2, -0.15) is 0 Å². The van der Waals surface area contributed by atoms with Crippen LogP contribution in [0.3, 0.4) is 0 Å². The van der Waals surface area contributed by atoms with Crippen LogP contribution in [-0.4, -0.2) is 16.7 Å². The van der Waals surface area contributed by atoms with Crippen LogP contribution < -0.4 is 0 Å². The van der Waals surface area contributed by atoms with Crippen LogP contribution in [0.15, 0.2) is 28.5 Å². The lowest BCUT2D eigenvalue weighted by Gasteiger charge is -2.23. The number of rotatable bonds is 4. The Morgan fingerprint density at radius 2 is 1.47 bits per heavy atom. The third-order valence-corrected chi connectivity index (χ3v) is 4.89. The highest BCUT2D eigenvalue weighted by atomic mass is 16.4. The van der Waals surface area contributed by atoms with Crippen LogP contribution in [0, 0.1) is 23.7 Å². The Bertz CT molecular complexity index is 453. The number of allylic oxidation sites excluding steroid dienone is 4. The molecule has 2 saturated carbocycles. The molecule has 19 heavy (non-hydrogen) atoms. The molecule has 3 nitrogen and oxygen atoms in total. The molecule has 0 aliphatic heterocycles. The average molecular weight is 259 g/mol. The van der Waals surface area contributed by atoms with Crippen LogP contribution in [0.5, 0.6) is 0 Å². The van der Waals surface area contributed by atoms with Gasteiger partial charge in [0.2, 0.25) is 0 Å². The van der Waals surface area contributed by atoms with E-state index in [-0.39, 0.29) is 5.78 Å². The third kappa shape index (κ3) is 2.38. The van der Waals surface area contributed by atoms with Crippen LogP contribution in [0.2, 0.25) is 0 Å². The van der Waals surface area contributed by atoms with Gasteiger partial charge in [0.05, 0.1) is 0 Å². The topological polar surface area (TPSA) is 49.7 Å². The second-order valence-corrected chi connectivity index (χ2v) is 6.31. The van der Waals surface area contributed by atoms with E-state index in [0.29, 0.717) is 29.4 Å². The summed E-state index contributed by atoms with van der Waals surface area (Å²) < 4.78 is 0. The van der Waals surface area contributed by atoms with Crippen molar-refractivity contribution in [3.8, 4) is 0 Å². The first kappa shape index (κ1) is 12.6. The molecular weight excluding hydrogens is 238 g/mol. The number of ketones is 1. The second kappa shape index (κ2) is 4.62. The Kier molecular flexibility index (Phi) is 3.08. The Morgan fingerprint density at radius 3 is 1.79 bits per heavy atom. The summed E-state index contributed by atoms with van der Waals surface area (Å²) >= 11 is 0. The van der Waals surface area contributed by atoms with E-state index in [2.05, 4.69) is 19.0 Å². The quantitative estimate of drug-likeness (QED) is 0.478. The van der Waals surface area contributed by atoms with Crippen LogP contribution in [0.25, 0.3) is 0 Å². The molecule has 1 N–H and O–H groups in total. The van der Waals surface area contributed by atoms with Crippen molar-refractivity contribution in [2.45, 2.75) is 39.5 Å². The zero-order chi connectivity index (χ0) is 13.6. The number of hydrogen-bond donors (Lipinski definition) is 1. The van der Waals surface area contributed by atoms with Gasteiger partial charge in [-0.3, -0.25) is 4.79 Å². The summed E-state index contributed by atoms with van der Waals surface area (Å²) in [5.74, 6) is 2.06. The minimum atomic E-state index is 0.186. The summed E-state index contributed by atoms with van der Waals surface area (Å²) in [6.45, 7) is 4.25. The van der Waals surface area contributed by atoms with Crippen molar-refractivity contribution in [1.82, 2.24) is 0 Å². The van der Waals surface area contributed by atoms with Gasteiger partial charge in [-0.15, -0.1) is 0 Å². The summed E-state index contributed by atoms with van der Waals surface area (Å²) in [6, 6.07) is 0. The van der Waals surface area contributed by atoms with E-state index in [1.54, 1.807) is 12.2 Å². The fraction of sp³-hybridized carbons (Fsp3) is 0.625. The molecule has 0 aromatic rings. The monoisotopic (exact) mass is 259 g/mol. The zero-order valence-electron chi connectivity index (χ0n) is 11.6. The normalized spacial score (nSPS) is 26.6. The molecule has 3 aliphatic rings. The van der Waals surface area contributed by atoms with Gasteiger partial charge in [-0.25, -0.2) is 0 Å². The van der Waals surface area contributed by atoms with Crippen molar-refractivity contribution in [2.75, 3.05) is 0 Å². The van der Waals surface area contributed by atoms with Crippen LogP contribution in [-0.2, 0) is 4.79 Å². The lowest BCUT2D eigenvalue weighted by atomic mass is 9.80. The minimum absolute atomic E-state index is 0.186. The largest absolute Gasteiger partial charge is 0.410 e. The van der Waals surface area contributed by atoms with Gasteiger partial charge in [-0.1, -0.05) is 19.0 Å². The van der Waals surface area contributed by atoms with E-state index in [0.717, 1.165) is 11.1 Å². The van der Waals surface area contributed by atoms with Crippen molar-refractivity contribution in [3.05, 3.63) is 23.3 Å². The molecule has 0 saturated heterocycles. The molecule has 0 heterocycles. The first-order valence-corrected chi connectivity index (χ1v) is 7.31. The summed E-state index contributed by atoms with van der Waals surface area (Å²) in [5.41, 5.74) is 2.23. The maximum absolute atomic E-state index is 12.7. The fourth-order valence-corrected chi connectivity index (χ4v) is 3.09. The molecule has 0 aromatic heterocycles. The highest BCUT2D eigenvalue weighted by Gasteiger charge is 2.39. The van der Waals surface area contributed by atoms with Crippen LogP contribution >= 0.6 is 0 Å². The van der Waals surface area contributed by atoms with Gasteiger partial charge in [-0.05, 0) is 61.5 Å². The summed E-state index contributed by atoms with van der Waals surface area (Å²) in [4.78, 5) is 12.7. The Morgan fingerprint density at radius 1 is 1.05 bits per heavy atom. The van der Waals surface area contributed by atoms with Crippen molar-refractivity contribution in [1.29, 1.82) is 0 Å². The van der Waals surface area contributed by atoms with Gasteiger partial charge in [0.1, 0.15) is 5.71 Å². The van der Waals surface area contributed by atoms with Gasteiger partial charge in [0, 0.05) is 11.1 Å². The van der Waals surface area contributed by atoms with Crippen molar-refractivity contribution in [2.24, 2.45) is 28.8 Å². The lowest BCUT2D eigenvalue weighted by molar-refractivity contribution is -0.113. The molecular formula is C16H21NO2. The van der Waals surface area contributed by atoms with Gasteiger partial charge < -0.3 is 5.21 Å². The fourth-order valence-electron chi connectivity index (χ4n) is 3.09. The molecule has 102 valence electrons. The molecule has 2 atom stereocenters. The number of Topliss-reactive ketones (excluding diaryl/α,β-unsaturated/α-hetero) is 1. The first-order chi connectivity index (χ1) is 9.11. The summed E-state index contributed by atoms with van der Waals surface area (Å²) in [5, 5.41) is 12.4. The molecule has 2 fully saturated rings. The Hall–Kier alpha value is -1.38. The van der Waals surface area contributed by atoms with Crippen LogP contribution in [0.1, 0.15) is 39.5 Å². The smallest absolute Gasteiger partial charge is 0.185 e. The summed E-state index contributed by atoms with van der Waals surface area (Å²) in [6.07, 6.45) is 8.41. The molecule has 0 radical (unpaired) electrons. The summed E-state index contributed by atoms with van der Waals surface area (Å²) in [7, 11) is 0. The lowest BCUT2D eigenvalue weighted by Crippen LogP contribution is -2.24. The molecule has 0 aromatic carbocycles. The van der Waals surface area contributed by atoms with E-state index in [1.165, 1.54) is 25.7 Å². The van der Waals surface area contributed by atoms with E-state index in [1.807, 2.05) is 0 Å². The zero-order valence-corrected chi connectivity index (χ0v) is 11.6. The average Bonchev–Trinajstić information content (AvgIpc) is 3.30. The maximum Gasteiger partial charge on any atom is 0.185 e. The molecule has 0 unspecified atom stereocenters. The van der Waals surface area contributed by atoms with Crippen molar-refractivity contribution in [3.63, 3.8) is 0 Å². The highest BCUT2D eigenvalue weighted by molar-refractivity contribution is 6.22. The SMILES string of the molecule is C[C@@H](C1=CC(=NO)C=C([C@H](C)C2CC2)C1=O)C1CC1. The second-order valence-electron chi connectivity index (χ2n) is 6.31. The number of carbonyl (C=O) groups excluding carboxylic acids is 1. The van der Waals surface area contributed by atoms with E-state index in [4.69, 9.17) is 5.21 Å². The highest BCUT2D eigenvalue weighted by Crippen LogP contribution is 2.45. The molecule has 3 aliphatic carbocycles. The minimum Gasteiger partial charge on any atom is -0.410 e. The van der Waals surface area contributed by atoms with Crippen LogP contribution in [0.4, 0.5) is 0 Å². The number of nitrogens with zero attached hydrogens (tertiary/aromatic N) is 1. The maximum atomic E-state index is 12.7. The predicted molar refractivity (Wildman–Crippen MR) is 74.2 cm³/mol. The number of carbonyl (C=O) groups is 1. The van der Waals surface area contributed by atoms with Crippen molar-refractivity contribution >= 4 is 11.5 Å². The van der Waals surface area contributed by atoms with Gasteiger partial charge in [0.25, 0.3) is 0 Å². The molecule has 0 spiro atoms. The number of hydrogen-bond acceptors (Lipinski definition) is 3. The molecule has 3 heteroatoms. The van der Waals surface area contributed by atoms with Crippen molar-refractivity contribution < 1.29 is 10.0 Å². The molecule has 0 bridgehead atoms. The molecule has 0 amide bonds. The number of oxime groups is 1. The Balaban J connectivity index is 1.89. The van der Waals surface area contributed by atoms with E-state index in [9.17, 15) is 4.79 Å². The van der Waals surface area contributed by atoms with Gasteiger partial charge >= 0.3 is 0 Å². The molecule has 3 rings (SSSR count). The third-order valence-electron chi connectivity index (χ3n) is 4.89. The van der Waals surface area contributed by atoms with E-state index >= 15 is 0 Å². The standard InChI is InChI=1S/C16H21NO2/c1-9(11-3-4-11)14-7-13(17-19)8-15(16(14)18)10(2)12-5-6-12/h7-12,19H,3-6H2,1-2H3/t9-,10-/m1/s1. The predicted octanol–water partition coefficient (Wildman–Crippen LogP) is 3.34. The van der Waals surface area contributed by atoms with Gasteiger partial charge in [0.15, 0.2) is 5.78 Å². The first-order valence-electron chi connectivity index (χ1n) is 7.31. The Labute approximate surface area is 114 Å².